The number of hydrogen-bond acceptors (Lipinski definition) is 9. The molecule has 3 aromatic heterocycles. The largest absolute Gasteiger partial charge is 0.454 e. The number of nitrogens with one attached hydrogen (secondary N) is 2. The fourth-order valence-electron chi connectivity index (χ4n) is 5.43. The van der Waals surface area contributed by atoms with Gasteiger partial charge in [-0.15, -0.1) is 0 Å². The molecule has 0 aromatic carbocycles. The van der Waals surface area contributed by atoms with Crippen molar-refractivity contribution in [1.82, 2.24) is 15.0 Å². The molecule has 1 aliphatic heterocycles. The average molecular weight is 550 g/mol. The van der Waals surface area contributed by atoms with Gasteiger partial charge in [0, 0.05) is 36.6 Å². The van der Waals surface area contributed by atoms with Crippen LogP contribution in [0.15, 0.2) is 22.7 Å². The van der Waals surface area contributed by atoms with Gasteiger partial charge >= 0.3 is 6.18 Å². The summed E-state index contributed by atoms with van der Waals surface area (Å²) in [7, 11) is 0. The van der Waals surface area contributed by atoms with E-state index in [4.69, 9.17) is 13.9 Å². The third kappa shape index (κ3) is 5.97. The Balaban J connectivity index is 1.49. The molecule has 4 atom stereocenters. The van der Waals surface area contributed by atoms with Gasteiger partial charge in [0.1, 0.15) is 17.7 Å². The molecular weight excluding hydrogens is 515 g/mol. The van der Waals surface area contributed by atoms with Gasteiger partial charge in [-0.1, -0.05) is 6.92 Å². The molecule has 9 nitrogen and oxygen atoms in total. The number of aliphatic hydroxyl groups is 1. The number of halogens is 3. The van der Waals surface area contributed by atoms with Crippen molar-refractivity contribution in [2.75, 3.05) is 23.8 Å². The highest BCUT2D eigenvalue weighted by molar-refractivity contribution is 5.86. The molecule has 0 spiro atoms. The molecule has 1 saturated carbocycles. The summed E-state index contributed by atoms with van der Waals surface area (Å²) in [5, 5.41) is 17.3. The average Bonchev–Trinajstić information content (AvgIpc) is 3.51. The van der Waals surface area contributed by atoms with Crippen LogP contribution in [0.4, 0.5) is 24.9 Å². The Morgan fingerprint density at radius 2 is 1.92 bits per heavy atom. The van der Waals surface area contributed by atoms with E-state index in [1.54, 1.807) is 13.1 Å². The minimum atomic E-state index is -4.22. The highest BCUT2D eigenvalue weighted by atomic mass is 19.4. The molecule has 0 amide bonds. The second-order valence-corrected chi connectivity index (χ2v) is 10.7. The van der Waals surface area contributed by atoms with E-state index in [9.17, 15) is 18.3 Å². The molecule has 3 aromatic rings. The Kier molecular flexibility index (Phi) is 7.47. The number of aryl methyl sites for hydroxylation is 2. The quantitative estimate of drug-likeness (QED) is 0.309. The van der Waals surface area contributed by atoms with Gasteiger partial charge in [0.2, 0.25) is 5.95 Å². The van der Waals surface area contributed by atoms with Crippen LogP contribution >= 0.6 is 0 Å². The molecule has 0 unspecified atom stereocenters. The SMILES string of the molecule is CCc1cc2cc(-c3c(C)nc(NCCCC(F)(F)F)nc3N[C@@H]3C[C@H](CO)[C@H]4OC(C)(C)O[C@H]43)oc2cn1. The number of aromatic nitrogens is 3. The molecule has 0 radical (unpaired) electrons. The van der Waals surface area contributed by atoms with Gasteiger partial charge in [-0.05, 0) is 52.2 Å². The lowest BCUT2D eigenvalue weighted by molar-refractivity contribution is -0.158. The molecule has 212 valence electrons. The summed E-state index contributed by atoms with van der Waals surface area (Å²) in [5.74, 6) is 0.302. The van der Waals surface area contributed by atoms with Gasteiger partial charge in [-0.2, -0.15) is 18.2 Å². The third-order valence-corrected chi connectivity index (χ3v) is 7.22. The molecule has 5 rings (SSSR count). The van der Waals surface area contributed by atoms with Gasteiger partial charge in [0.25, 0.3) is 0 Å². The predicted octanol–water partition coefficient (Wildman–Crippen LogP) is 5.22. The van der Waals surface area contributed by atoms with Crippen LogP contribution in [0.3, 0.4) is 0 Å². The van der Waals surface area contributed by atoms with E-state index in [1.807, 2.05) is 32.9 Å². The van der Waals surface area contributed by atoms with Gasteiger partial charge in [-0.25, -0.2) is 4.98 Å². The zero-order valence-electron chi connectivity index (χ0n) is 22.4. The highest BCUT2D eigenvalue weighted by Gasteiger charge is 2.54. The number of rotatable bonds is 9. The Morgan fingerprint density at radius 3 is 2.64 bits per heavy atom. The van der Waals surface area contributed by atoms with Crippen LogP contribution in [-0.4, -0.2) is 63.4 Å². The van der Waals surface area contributed by atoms with Gasteiger partial charge in [0.05, 0.1) is 29.6 Å². The number of fused-ring (bicyclic) bond motifs is 2. The number of hydrogen-bond donors (Lipinski definition) is 3. The van der Waals surface area contributed by atoms with E-state index in [-0.39, 0.29) is 49.7 Å². The minimum absolute atomic E-state index is 0.0448. The van der Waals surface area contributed by atoms with Crippen molar-refractivity contribution in [2.45, 2.75) is 83.6 Å². The van der Waals surface area contributed by atoms with E-state index in [0.29, 0.717) is 34.8 Å². The predicted molar refractivity (Wildman–Crippen MR) is 139 cm³/mol. The van der Waals surface area contributed by atoms with E-state index >= 15 is 0 Å². The normalized spacial score (nSPS) is 24.3. The van der Waals surface area contributed by atoms with Crippen LogP contribution in [0.1, 0.15) is 51.4 Å². The van der Waals surface area contributed by atoms with Crippen LogP contribution in [0.25, 0.3) is 22.3 Å². The number of anilines is 2. The van der Waals surface area contributed by atoms with Crippen molar-refractivity contribution in [1.29, 1.82) is 0 Å². The fourth-order valence-corrected chi connectivity index (χ4v) is 5.43. The first-order chi connectivity index (χ1) is 18.5. The molecule has 1 aliphatic carbocycles. The van der Waals surface area contributed by atoms with Crippen LogP contribution in [0.5, 0.6) is 0 Å². The summed E-state index contributed by atoms with van der Waals surface area (Å²) >= 11 is 0. The third-order valence-electron chi connectivity index (χ3n) is 7.22. The smallest absolute Gasteiger partial charge is 0.389 e. The first-order valence-electron chi connectivity index (χ1n) is 13.3. The zero-order valence-corrected chi connectivity index (χ0v) is 22.4. The maximum Gasteiger partial charge on any atom is 0.389 e. The standard InChI is InChI=1S/C27H34F3N5O4/c1-5-17-9-15-11-19(37-20(15)12-32-17)21-14(2)33-25(31-8-6-7-27(28,29)30)35-24(21)34-18-10-16(13-36)22-23(18)39-26(3,4)38-22/h9,11-12,16,18,22-23,36H,5-8,10,13H2,1-4H3,(H2,31,33,34,35)/t16-,18-,22-,23+/m1/s1. The molecule has 0 bridgehead atoms. The monoisotopic (exact) mass is 549 g/mol. The molecule has 4 heterocycles. The summed E-state index contributed by atoms with van der Waals surface area (Å²) in [6, 6.07) is 3.65. The fraction of sp³-hybridized carbons (Fsp3) is 0.593. The van der Waals surface area contributed by atoms with E-state index in [0.717, 1.165) is 17.5 Å². The van der Waals surface area contributed by atoms with Crippen LogP contribution in [0, 0.1) is 12.8 Å². The number of pyridine rings is 1. The lowest BCUT2D eigenvalue weighted by atomic mass is 10.1. The van der Waals surface area contributed by atoms with Crippen LogP contribution in [-0.2, 0) is 15.9 Å². The number of alkyl halides is 3. The van der Waals surface area contributed by atoms with Crippen molar-refractivity contribution in [2.24, 2.45) is 5.92 Å². The summed E-state index contributed by atoms with van der Waals surface area (Å²) in [5.41, 5.74) is 2.78. The van der Waals surface area contributed by atoms with E-state index in [2.05, 4.69) is 25.6 Å². The Morgan fingerprint density at radius 1 is 1.15 bits per heavy atom. The van der Waals surface area contributed by atoms with Gasteiger partial charge < -0.3 is 29.6 Å². The summed E-state index contributed by atoms with van der Waals surface area (Å²) < 4.78 is 56.3. The van der Waals surface area contributed by atoms with Crippen LogP contribution < -0.4 is 10.6 Å². The first kappa shape index (κ1) is 27.6. The molecule has 2 fully saturated rings. The van der Waals surface area contributed by atoms with Crippen molar-refractivity contribution in [3.63, 3.8) is 0 Å². The van der Waals surface area contributed by atoms with Crippen molar-refractivity contribution in [3.05, 3.63) is 29.7 Å². The Labute approximate surface area is 224 Å². The molecule has 12 heteroatoms. The lowest BCUT2D eigenvalue weighted by Crippen LogP contribution is -2.35. The Hall–Kier alpha value is -2.96. The van der Waals surface area contributed by atoms with Crippen molar-refractivity contribution >= 4 is 22.7 Å². The Bertz CT molecular complexity index is 1330. The minimum Gasteiger partial charge on any atom is -0.454 e. The zero-order chi connectivity index (χ0) is 27.9. The second-order valence-electron chi connectivity index (χ2n) is 10.7. The molecule has 3 N–H and O–H groups in total. The molecule has 1 saturated heterocycles. The van der Waals surface area contributed by atoms with Gasteiger partial charge in [0.15, 0.2) is 11.4 Å². The summed E-state index contributed by atoms with van der Waals surface area (Å²) in [6.07, 6.45) is -2.75. The van der Waals surface area contributed by atoms with E-state index < -0.39 is 18.4 Å². The maximum atomic E-state index is 12.6. The number of ether oxygens (including phenoxy) is 2. The summed E-state index contributed by atoms with van der Waals surface area (Å²) in [6.45, 7) is 7.54. The highest BCUT2D eigenvalue weighted by Crippen LogP contribution is 2.44. The lowest BCUT2D eigenvalue weighted by Gasteiger charge is -2.25. The maximum absolute atomic E-state index is 12.6. The van der Waals surface area contributed by atoms with Gasteiger partial charge in [-0.3, -0.25) is 4.98 Å². The second kappa shape index (κ2) is 10.5. The summed E-state index contributed by atoms with van der Waals surface area (Å²) in [4.78, 5) is 13.6. The first-order valence-corrected chi connectivity index (χ1v) is 13.3. The topological polar surface area (TPSA) is 115 Å². The van der Waals surface area contributed by atoms with Crippen LogP contribution in [0.2, 0.25) is 0 Å². The number of nitrogens with zero attached hydrogens (tertiary/aromatic N) is 3. The van der Waals surface area contributed by atoms with E-state index in [1.165, 1.54) is 0 Å². The number of furan rings is 1. The number of aliphatic hydroxyl groups excluding tert-OH is 1. The molecular formula is C27H34F3N5O4. The molecule has 39 heavy (non-hydrogen) atoms. The van der Waals surface area contributed by atoms with Crippen molar-refractivity contribution < 1.29 is 32.2 Å². The molecule has 2 aliphatic rings. The van der Waals surface area contributed by atoms with Crippen molar-refractivity contribution in [3.8, 4) is 11.3 Å².